The molecule has 1 aromatic carbocycles. The van der Waals surface area contributed by atoms with Gasteiger partial charge >= 0.3 is 0 Å². The maximum absolute atomic E-state index is 13.7. The number of hydrogen-bond donors (Lipinski definition) is 4. The minimum absolute atomic E-state index is 0.0470. The van der Waals surface area contributed by atoms with E-state index in [0.717, 1.165) is 38.0 Å². The molecule has 2 aliphatic carbocycles. The number of nitrogens with one attached hydrogen (secondary N) is 3. The second-order valence-electron chi connectivity index (χ2n) is 9.14. The van der Waals surface area contributed by atoms with Crippen LogP contribution in [0.1, 0.15) is 64.2 Å². The molecule has 4 N–H and O–H groups in total. The molecular formula is C22H33N3O3S. The molecule has 0 aromatic heterocycles. The zero-order valence-corrected chi connectivity index (χ0v) is 17.9. The summed E-state index contributed by atoms with van der Waals surface area (Å²) < 4.78 is 12.7. The SMILES string of the molecule is O=C(NO)C1([S+]([O-])c2cccc(NC3CCCCC3)c2)CCC2(CCNCC2)C1. The van der Waals surface area contributed by atoms with E-state index in [1.807, 2.05) is 29.7 Å². The van der Waals surface area contributed by atoms with Crippen LogP contribution in [0.5, 0.6) is 0 Å². The molecule has 2 unspecified atom stereocenters. The van der Waals surface area contributed by atoms with E-state index in [4.69, 9.17) is 0 Å². The van der Waals surface area contributed by atoms with Crippen LogP contribution in [0.4, 0.5) is 5.69 Å². The normalized spacial score (nSPS) is 28.2. The van der Waals surface area contributed by atoms with Gasteiger partial charge in [0, 0.05) is 41.8 Å². The minimum atomic E-state index is -1.52. The highest BCUT2D eigenvalue weighted by Crippen LogP contribution is 2.54. The summed E-state index contributed by atoms with van der Waals surface area (Å²) in [6.07, 6.45) is 10.1. The lowest BCUT2D eigenvalue weighted by atomic mass is 9.77. The summed E-state index contributed by atoms with van der Waals surface area (Å²) in [6.45, 7) is 1.87. The van der Waals surface area contributed by atoms with Crippen LogP contribution in [0.25, 0.3) is 0 Å². The zero-order chi connectivity index (χ0) is 20.3. The van der Waals surface area contributed by atoms with Gasteiger partial charge in [-0.05, 0) is 62.7 Å². The van der Waals surface area contributed by atoms with Gasteiger partial charge in [0.2, 0.25) is 4.75 Å². The molecule has 6 nitrogen and oxygen atoms in total. The standard InChI is InChI=1S/C22H33N3O3S/c26-20(25-27)22(10-9-21(16-22)11-13-23-14-12-21)29(28)19-8-4-7-18(15-19)24-17-5-2-1-3-6-17/h4,7-8,15,17,23-24,27H,1-3,5-6,9-14,16H2,(H,25,26). The van der Waals surface area contributed by atoms with Crippen LogP contribution in [-0.2, 0) is 16.0 Å². The molecule has 1 spiro atoms. The molecule has 2 saturated carbocycles. The molecule has 1 aliphatic heterocycles. The van der Waals surface area contributed by atoms with Crippen LogP contribution < -0.4 is 16.1 Å². The van der Waals surface area contributed by atoms with Crippen molar-refractivity contribution >= 4 is 22.8 Å². The van der Waals surface area contributed by atoms with Crippen molar-refractivity contribution in [1.82, 2.24) is 10.8 Å². The Morgan fingerprint density at radius 1 is 1.14 bits per heavy atom. The summed E-state index contributed by atoms with van der Waals surface area (Å²) >= 11 is -1.52. The molecule has 2 atom stereocenters. The third-order valence-corrected chi connectivity index (χ3v) is 9.20. The maximum atomic E-state index is 13.7. The fourth-order valence-corrected chi connectivity index (χ4v) is 7.41. The highest BCUT2D eigenvalue weighted by molar-refractivity contribution is 7.93. The van der Waals surface area contributed by atoms with Crippen LogP contribution in [0.15, 0.2) is 29.2 Å². The van der Waals surface area contributed by atoms with E-state index in [1.54, 1.807) is 0 Å². The molecule has 0 radical (unpaired) electrons. The van der Waals surface area contributed by atoms with Crippen molar-refractivity contribution in [2.24, 2.45) is 5.41 Å². The van der Waals surface area contributed by atoms with Gasteiger partial charge in [0.1, 0.15) is 0 Å². The minimum Gasteiger partial charge on any atom is -0.611 e. The Hall–Kier alpha value is -1.28. The van der Waals surface area contributed by atoms with Gasteiger partial charge in [-0.15, -0.1) is 0 Å². The summed E-state index contributed by atoms with van der Waals surface area (Å²) in [5.74, 6) is -0.503. The number of carbonyl (C=O) groups is 1. The van der Waals surface area contributed by atoms with Gasteiger partial charge < -0.3 is 15.2 Å². The Labute approximate surface area is 176 Å². The third-order valence-electron chi connectivity index (χ3n) is 7.28. The van der Waals surface area contributed by atoms with Gasteiger partial charge in [-0.3, -0.25) is 10.0 Å². The van der Waals surface area contributed by atoms with E-state index in [9.17, 15) is 14.6 Å². The van der Waals surface area contributed by atoms with Crippen LogP contribution in [0.3, 0.4) is 0 Å². The number of carbonyl (C=O) groups excluding carboxylic acids is 1. The average Bonchev–Trinajstić information content (AvgIpc) is 3.14. The van der Waals surface area contributed by atoms with E-state index in [-0.39, 0.29) is 5.41 Å². The van der Waals surface area contributed by atoms with Crippen molar-refractivity contribution in [3.05, 3.63) is 24.3 Å². The molecule has 4 rings (SSSR count). The third kappa shape index (κ3) is 4.29. The first-order valence-corrected chi connectivity index (χ1v) is 12.2. The maximum Gasteiger partial charge on any atom is 0.299 e. The summed E-state index contributed by atoms with van der Waals surface area (Å²) in [4.78, 5) is 13.5. The number of hydrogen-bond acceptors (Lipinski definition) is 5. The number of benzene rings is 1. The van der Waals surface area contributed by atoms with Crippen molar-refractivity contribution < 1.29 is 14.6 Å². The van der Waals surface area contributed by atoms with Crippen molar-refractivity contribution in [2.75, 3.05) is 18.4 Å². The van der Waals surface area contributed by atoms with Gasteiger partial charge in [0.15, 0.2) is 4.90 Å². The smallest absolute Gasteiger partial charge is 0.299 e. The van der Waals surface area contributed by atoms with Crippen LogP contribution in [0.2, 0.25) is 0 Å². The van der Waals surface area contributed by atoms with E-state index >= 15 is 0 Å². The topological polar surface area (TPSA) is 96.5 Å². The number of hydroxylamine groups is 1. The first kappa shape index (κ1) is 21.0. The lowest BCUT2D eigenvalue weighted by Crippen LogP contribution is -2.51. The predicted octanol–water partition coefficient (Wildman–Crippen LogP) is 3.34. The van der Waals surface area contributed by atoms with Gasteiger partial charge in [-0.25, -0.2) is 5.48 Å². The van der Waals surface area contributed by atoms with Crippen LogP contribution in [0, 0.1) is 5.41 Å². The molecule has 3 aliphatic rings. The van der Waals surface area contributed by atoms with E-state index in [1.165, 1.54) is 32.1 Å². The number of amides is 1. The highest BCUT2D eigenvalue weighted by Gasteiger charge is 2.60. The number of anilines is 1. The van der Waals surface area contributed by atoms with Gasteiger partial charge in [-0.1, -0.05) is 25.3 Å². The molecule has 29 heavy (non-hydrogen) atoms. The Morgan fingerprint density at radius 3 is 2.62 bits per heavy atom. The van der Waals surface area contributed by atoms with E-state index < -0.39 is 21.8 Å². The number of rotatable bonds is 5. The molecular weight excluding hydrogens is 386 g/mol. The van der Waals surface area contributed by atoms with Gasteiger partial charge in [-0.2, -0.15) is 0 Å². The van der Waals surface area contributed by atoms with E-state index in [0.29, 0.717) is 23.8 Å². The molecule has 1 aromatic rings. The van der Waals surface area contributed by atoms with Gasteiger partial charge in [0.05, 0.1) is 0 Å². The van der Waals surface area contributed by atoms with Crippen molar-refractivity contribution in [1.29, 1.82) is 0 Å². The lowest BCUT2D eigenvalue weighted by molar-refractivity contribution is -0.132. The molecule has 3 fully saturated rings. The quantitative estimate of drug-likeness (QED) is 0.333. The first-order valence-electron chi connectivity index (χ1n) is 11.0. The summed E-state index contributed by atoms with van der Waals surface area (Å²) in [6, 6.07) is 8.17. The van der Waals surface area contributed by atoms with Crippen LogP contribution in [-0.4, -0.2) is 39.5 Å². The Bertz CT molecular complexity index is 719. The lowest BCUT2D eigenvalue weighted by Gasteiger charge is -2.36. The fraction of sp³-hybridized carbons (Fsp3) is 0.682. The Kier molecular flexibility index (Phi) is 6.39. The average molecular weight is 420 g/mol. The summed E-state index contributed by atoms with van der Waals surface area (Å²) in [5, 5.41) is 16.4. The molecule has 1 saturated heterocycles. The number of piperidine rings is 1. The first-order chi connectivity index (χ1) is 14.1. The second-order valence-corrected chi connectivity index (χ2v) is 10.9. The molecule has 0 bridgehead atoms. The molecule has 1 amide bonds. The monoisotopic (exact) mass is 419 g/mol. The predicted molar refractivity (Wildman–Crippen MR) is 114 cm³/mol. The van der Waals surface area contributed by atoms with Crippen LogP contribution >= 0.6 is 0 Å². The fourth-order valence-electron chi connectivity index (χ4n) is 5.58. The summed E-state index contributed by atoms with van der Waals surface area (Å²) in [5.41, 5.74) is 2.85. The Morgan fingerprint density at radius 2 is 1.90 bits per heavy atom. The summed E-state index contributed by atoms with van der Waals surface area (Å²) in [7, 11) is 0. The molecule has 1 heterocycles. The van der Waals surface area contributed by atoms with Crippen molar-refractivity contribution in [2.45, 2.75) is 79.9 Å². The largest absolute Gasteiger partial charge is 0.611 e. The molecule has 160 valence electrons. The zero-order valence-electron chi connectivity index (χ0n) is 17.0. The Balaban J connectivity index is 1.56. The van der Waals surface area contributed by atoms with Crippen molar-refractivity contribution in [3.63, 3.8) is 0 Å². The van der Waals surface area contributed by atoms with Crippen molar-refractivity contribution in [3.8, 4) is 0 Å². The molecule has 7 heteroatoms. The highest BCUT2D eigenvalue weighted by atomic mass is 32.2. The van der Waals surface area contributed by atoms with E-state index in [2.05, 4.69) is 10.6 Å². The second kappa shape index (κ2) is 8.84. The van der Waals surface area contributed by atoms with Gasteiger partial charge in [0.25, 0.3) is 5.91 Å².